The van der Waals surface area contributed by atoms with Crippen molar-refractivity contribution < 1.29 is 9.53 Å². The van der Waals surface area contributed by atoms with Gasteiger partial charge in [0.15, 0.2) is 0 Å². The summed E-state index contributed by atoms with van der Waals surface area (Å²) in [5.41, 5.74) is 5.65. The molecule has 1 aliphatic rings. The summed E-state index contributed by atoms with van der Waals surface area (Å²) in [6, 6.07) is 34.0. The number of para-hydroxylation sites is 1. The Morgan fingerprint density at radius 3 is 2.16 bits per heavy atom. The van der Waals surface area contributed by atoms with Crippen LogP contribution in [-0.4, -0.2) is 12.5 Å². The van der Waals surface area contributed by atoms with Crippen molar-refractivity contribution in [2.75, 3.05) is 16.8 Å². The van der Waals surface area contributed by atoms with Crippen molar-refractivity contribution in [2.24, 2.45) is 0 Å². The molecule has 1 aliphatic heterocycles. The van der Waals surface area contributed by atoms with Gasteiger partial charge in [0.1, 0.15) is 11.9 Å². The normalized spacial score (nSPS) is 15.1. The zero-order chi connectivity index (χ0) is 21.9. The van der Waals surface area contributed by atoms with Crippen LogP contribution < -0.4 is 15.0 Å². The van der Waals surface area contributed by atoms with Crippen molar-refractivity contribution in [3.05, 3.63) is 114 Å². The summed E-state index contributed by atoms with van der Waals surface area (Å²) in [5, 5.41) is 3.57. The van der Waals surface area contributed by atoms with Crippen molar-refractivity contribution in [1.82, 2.24) is 0 Å². The number of nitrogens with zero attached hydrogens (tertiary/aromatic N) is 1. The summed E-state index contributed by atoms with van der Waals surface area (Å²) in [4.78, 5) is 15.4. The minimum atomic E-state index is -0.319. The third-order valence-corrected chi connectivity index (χ3v) is 5.69. The number of fused-ring (bicyclic) bond motifs is 1. The number of amides is 1. The van der Waals surface area contributed by atoms with Gasteiger partial charge in [-0.1, -0.05) is 66.7 Å². The van der Waals surface area contributed by atoms with Gasteiger partial charge in [0.2, 0.25) is 0 Å². The topological polar surface area (TPSA) is 41.6 Å². The predicted molar refractivity (Wildman–Crippen MR) is 129 cm³/mol. The summed E-state index contributed by atoms with van der Waals surface area (Å²) < 4.78 is 5.58. The molecular formula is C28H24N2O2. The molecule has 0 aliphatic carbocycles. The zero-order valence-electron chi connectivity index (χ0n) is 17.9. The van der Waals surface area contributed by atoms with Crippen LogP contribution in [0.3, 0.4) is 0 Å². The Morgan fingerprint density at radius 2 is 1.44 bits per heavy atom. The van der Waals surface area contributed by atoms with Crippen molar-refractivity contribution in [3.63, 3.8) is 0 Å². The fourth-order valence-corrected chi connectivity index (χ4v) is 4.11. The maximum atomic E-state index is 13.6. The van der Waals surface area contributed by atoms with Crippen LogP contribution in [0.4, 0.5) is 11.4 Å². The second-order valence-electron chi connectivity index (χ2n) is 7.68. The number of ether oxygens (including phenoxy) is 1. The molecule has 0 saturated carbocycles. The summed E-state index contributed by atoms with van der Waals surface area (Å²) in [7, 11) is 0. The fraction of sp³-hybridized carbons (Fsp3) is 0.107. The molecule has 1 amide bonds. The molecule has 0 radical (unpaired) electrons. The molecule has 4 aromatic carbocycles. The number of benzene rings is 4. The Morgan fingerprint density at radius 1 is 0.781 bits per heavy atom. The molecule has 1 atom stereocenters. The third-order valence-electron chi connectivity index (χ3n) is 5.69. The molecule has 0 fully saturated rings. The number of carbonyl (C=O) groups excluding carboxylic acids is 1. The van der Waals surface area contributed by atoms with Crippen LogP contribution in [0.15, 0.2) is 103 Å². The van der Waals surface area contributed by atoms with E-state index in [9.17, 15) is 4.79 Å². The molecule has 0 saturated heterocycles. The van der Waals surface area contributed by atoms with Crippen LogP contribution in [0, 0.1) is 0 Å². The van der Waals surface area contributed by atoms with Gasteiger partial charge < -0.3 is 10.1 Å². The summed E-state index contributed by atoms with van der Waals surface area (Å²) >= 11 is 0. The lowest BCUT2D eigenvalue weighted by atomic mass is 9.99. The Bertz CT molecular complexity index is 1220. The average Bonchev–Trinajstić information content (AvgIpc) is 2.86. The first-order chi connectivity index (χ1) is 15.7. The van der Waals surface area contributed by atoms with E-state index in [2.05, 4.69) is 41.7 Å². The number of anilines is 2. The van der Waals surface area contributed by atoms with Gasteiger partial charge in [-0.25, -0.2) is 0 Å². The van der Waals surface area contributed by atoms with Crippen molar-refractivity contribution in [1.29, 1.82) is 0 Å². The molecule has 1 heterocycles. The number of rotatable bonds is 5. The molecule has 32 heavy (non-hydrogen) atoms. The fourth-order valence-electron chi connectivity index (χ4n) is 4.11. The molecule has 0 bridgehead atoms. The number of carbonyl (C=O) groups is 1. The highest BCUT2D eigenvalue weighted by Gasteiger charge is 2.34. The second-order valence-corrected chi connectivity index (χ2v) is 7.68. The van der Waals surface area contributed by atoms with Gasteiger partial charge in [0.25, 0.3) is 5.91 Å². The molecule has 0 unspecified atom stereocenters. The van der Waals surface area contributed by atoms with Gasteiger partial charge in [-0.05, 0) is 60.0 Å². The lowest BCUT2D eigenvalue weighted by Crippen LogP contribution is -2.43. The van der Waals surface area contributed by atoms with Crippen molar-refractivity contribution >= 4 is 17.3 Å². The second kappa shape index (κ2) is 8.60. The maximum absolute atomic E-state index is 13.6. The molecule has 0 aromatic heterocycles. The quantitative estimate of drug-likeness (QED) is 0.399. The standard InChI is InChI=1S/C28H24N2O2/c1-2-32-24-18-16-23(17-19-24)30-27(29-26-11-7-6-10-25(26)28(30)31)22-14-12-21(13-15-22)20-8-4-3-5-9-20/h3-19,27,29H,2H2,1H3/t27-/m0/s1. The molecular weight excluding hydrogens is 396 g/mol. The summed E-state index contributed by atoms with van der Waals surface area (Å²) in [6.07, 6.45) is -0.319. The SMILES string of the molecule is CCOc1ccc(N2C(=O)c3ccccc3N[C@@H]2c2ccc(-c3ccccc3)cc2)cc1. The first-order valence-electron chi connectivity index (χ1n) is 10.8. The maximum Gasteiger partial charge on any atom is 0.262 e. The van der Waals surface area contributed by atoms with E-state index in [1.165, 1.54) is 5.56 Å². The van der Waals surface area contributed by atoms with E-state index in [0.717, 1.165) is 28.3 Å². The smallest absolute Gasteiger partial charge is 0.262 e. The van der Waals surface area contributed by atoms with Gasteiger partial charge >= 0.3 is 0 Å². The van der Waals surface area contributed by atoms with Crippen molar-refractivity contribution in [3.8, 4) is 16.9 Å². The lowest BCUT2D eigenvalue weighted by molar-refractivity contribution is 0.0975. The van der Waals surface area contributed by atoms with Gasteiger partial charge in [0.05, 0.1) is 12.2 Å². The Labute approximate surface area is 188 Å². The van der Waals surface area contributed by atoms with Crippen LogP contribution in [-0.2, 0) is 0 Å². The highest BCUT2D eigenvalue weighted by atomic mass is 16.5. The Hall–Kier alpha value is -4.05. The average molecular weight is 421 g/mol. The zero-order valence-corrected chi connectivity index (χ0v) is 17.9. The van der Waals surface area contributed by atoms with Crippen LogP contribution in [0.25, 0.3) is 11.1 Å². The first-order valence-corrected chi connectivity index (χ1v) is 10.8. The summed E-state index contributed by atoms with van der Waals surface area (Å²) in [6.45, 7) is 2.56. The third kappa shape index (κ3) is 3.71. The molecule has 5 rings (SSSR count). The van der Waals surface area contributed by atoms with Gasteiger partial charge in [-0.2, -0.15) is 0 Å². The summed E-state index contributed by atoms with van der Waals surface area (Å²) in [5.74, 6) is 0.762. The highest BCUT2D eigenvalue weighted by Crippen LogP contribution is 2.37. The molecule has 158 valence electrons. The van der Waals surface area contributed by atoms with Crippen LogP contribution in [0.1, 0.15) is 29.0 Å². The van der Waals surface area contributed by atoms with E-state index in [0.29, 0.717) is 12.2 Å². The lowest BCUT2D eigenvalue weighted by Gasteiger charge is -2.38. The molecule has 4 nitrogen and oxygen atoms in total. The Balaban J connectivity index is 1.54. The van der Waals surface area contributed by atoms with E-state index in [4.69, 9.17) is 4.74 Å². The van der Waals surface area contributed by atoms with E-state index >= 15 is 0 Å². The number of nitrogens with one attached hydrogen (secondary N) is 1. The van der Waals surface area contributed by atoms with Gasteiger partial charge in [-0.3, -0.25) is 9.69 Å². The first kappa shape index (κ1) is 19.9. The monoisotopic (exact) mass is 420 g/mol. The molecule has 4 heteroatoms. The minimum Gasteiger partial charge on any atom is -0.494 e. The minimum absolute atomic E-state index is 0.0272. The van der Waals surface area contributed by atoms with Gasteiger partial charge in [-0.15, -0.1) is 0 Å². The van der Waals surface area contributed by atoms with Crippen LogP contribution >= 0.6 is 0 Å². The van der Waals surface area contributed by atoms with E-state index < -0.39 is 0 Å². The van der Waals surface area contributed by atoms with Crippen molar-refractivity contribution in [2.45, 2.75) is 13.1 Å². The largest absolute Gasteiger partial charge is 0.494 e. The molecule has 0 spiro atoms. The van der Waals surface area contributed by atoms with Gasteiger partial charge in [0, 0.05) is 11.4 Å². The highest BCUT2D eigenvalue weighted by molar-refractivity contribution is 6.12. The van der Waals surface area contributed by atoms with E-state index in [1.807, 2.05) is 78.6 Å². The van der Waals surface area contributed by atoms with Crippen LogP contribution in [0.2, 0.25) is 0 Å². The van der Waals surface area contributed by atoms with E-state index in [-0.39, 0.29) is 12.1 Å². The van der Waals surface area contributed by atoms with E-state index in [1.54, 1.807) is 0 Å². The molecule has 4 aromatic rings. The number of hydrogen-bond acceptors (Lipinski definition) is 3. The number of hydrogen-bond donors (Lipinski definition) is 1. The predicted octanol–water partition coefficient (Wildman–Crippen LogP) is 6.52. The molecule has 1 N–H and O–H groups in total. The van der Waals surface area contributed by atoms with Crippen LogP contribution in [0.5, 0.6) is 5.75 Å². The Kier molecular flexibility index (Phi) is 5.34.